The minimum atomic E-state index is -1.50. The lowest BCUT2D eigenvalue weighted by molar-refractivity contribution is -0.146. The highest BCUT2D eigenvalue weighted by Gasteiger charge is 2.33. The number of methoxy groups -OCH3 is 2. The Kier molecular flexibility index (Phi) is 8.75. The van der Waals surface area contributed by atoms with Crippen molar-refractivity contribution in [2.45, 2.75) is 52.0 Å². The molecule has 0 saturated heterocycles. The summed E-state index contributed by atoms with van der Waals surface area (Å²) < 4.78 is 15.3. The number of benzene rings is 2. The van der Waals surface area contributed by atoms with Crippen LogP contribution in [0.4, 0.5) is 5.69 Å². The Bertz CT molecular complexity index is 1530. The number of hydrogen-bond acceptors (Lipinski definition) is 12. The molecule has 214 valence electrons. The number of aryl methyl sites for hydroxylation is 1. The number of hydrogen-bond donors (Lipinski definition) is 5. The third-order valence-corrected chi connectivity index (χ3v) is 6.32. The van der Waals surface area contributed by atoms with E-state index >= 15 is 0 Å². The topological polar surface area (TPSA) is 220 Å². The standard InChI is InChI=1S/C26H30N4O10/c1-9-7-8-13(23(34)29-16(11(3)31)25(36)38-5)18-21(9)40-22-10(2)20(33)15(27)14(19(22)28-18)24(35)30-17(12(4)32)26(37)39-6/h7-8,11-12,16-17,31-32H,27H2,1-6H3,(H,29,34)(H,30,35)/t11-,12+,16+,17-/m1/s1. The van der Waals surface area contributed by atoms with Crippen LogP contribution in [0.2, 0.25) is 0 Å². The molecule has 2 aliphatic rings. The van der Waals surface area contributed by atoms with E-state index in [1.54, 1.807) is 13.0 Å². The third kappa shape index (κ3) is 5.44. The number of rotatable bonds is 8. The third-order valence-electron chi connectivity index (χ3n) is 6.32. The van der Waals surface area contributed by atoms with Gasteiger partial charge in [-0.05, 0) is 39.3 Å². The van der Waals surface area contributed by atoms with Gasteiger partial charge in [-0.15, -0.1) is 0 Å². The first-order chi connectivity index (χ1) is 18.7. The van der Waals surface area contributed by atoms with Crippen molar-refractivity contribution < 1.29 is 43.3 Å². The number of esters is 2. The average Bonchev–Trinajstić information content (AvgIpc) is 2.91. The number of nitrogens with two attached hydrogens (primary N) is 1. The maximum atomic E-state index is 13.3. The number of ether oxygens (including phenoxy) is 2. The zero-order valence-electron chi connectivity index (χ0n) is 22.6. The smallest absolute Gasteiger partial charge is 0.331 e. The first-order valence-electron chi connectivity index (χ1n) is 12.0. The molecule has 4 atom stereocenters. The summed E-state index contributed by atoms with van der Waals surface area (Å²) in [6.07, 6.45) is -2.66. The second kappa shape index (κ2) is 11.7. The summed E-state index contributed by atoms with van der Waals surface area (Å²) in [6, 6.07) is 0.0477. The normalized spacial score (nSPS) is 14.2. The molecule has 3 rings (SSSR count). The molecule has 1 aromatic carbocycles. The lowest BCUT2D eigenvalue weighted by Gasteiger charge is -2.22. The van der Waals surface area contributed by atoms with Crippen LogP contribution in [-0.4, -0.2) is 77.5 Å². The first kappa shape index (κ1) is 30.0. The minimum Gasteiger partial charge on any atom is -0.467 e. The summed E-state index contributed by atoms with van der Waals surface area (Å²) in [4.78, 5) is 68.2. The predicted octanol–water partition coefficient (Wildman–Crippen LogP) is -0.204. The fourth-order valence-electron chi connectivity index (χ4n) is 4.05. The Morgan fingerprint density at radius 1 is 0.950 bits per heavy atom. The van der Waals surface area contributed by atoms with Crippen molar-refractivity contribution in [3.05, 3.63) is 44.6 Å². The van der Waals surface area contributed by atoms with E-state index in [1.807, 2.05) is 0 Å². The molecule has 0 unspecified atom stereocenters. The molecule has 1 aliphatic carbocycles. The fourth-order valence-corrected chi connectivity index (χ4v) is 4.05. The SMILES string of the molecule is COC(=O)[C@@H](NC(=O)c1ccc(C)c2oc3c(C)c(=O)c(N)c(C(=O)N[C@@H](C(=O)OC)[C@H](C)O)c-3nc12)[C@@H](C)O. The van der Waals surface area contributed by atoms with Gasteiger partial charge in [0.25, 0.3) is 11.8 Å². The van der Waals surface area contributed by atoms with Crippen LogP contribution in [0.1, 0.15) is 45.7 Å². The monoisotopic (exact) mass is 558 g/mol. The molecule has 14 heteroatoms. The van der Waals surface area contributed by atoms with Gasteiger partial charge in [0.2, 0.25) is 5.43 Å². The lowest BCUT2D eigenvalue weighted by Crippen LogP contribution is -2.48. The molecule has 0 bridgehead atoms. The van der Waals surface area contributed by atoms with Crippen molar-refractivity contribution in [2.24, 2.45) is 0 Å². The van der Waals surface area contributed by atoms with E-state index in [-0.39, 0.29) is 33.7 Å². The number of carbonyl (C=O) groups is 4. The maximum absolute atomic E-state index is 13.3. The Balaban J connectivity index is 2.29. The summed E-state index contributed by atoms with van der Waals surface area (Å²) in [5, 5.41) is 24.6. The van der Waals surface area contributed by atoms with Gasteiger partial charge in [-0.2, -0.15) is 0 Å². The number of nitrogen functional groups attached to an aromatic ring is 1. The van der Waals surface area contributed by atoms with Crippen LogP contribution in [0.25, 0.3) is 22.6 Å². The van der Waals surface area contributed by atoms with E-state index in [2.05, 4.69) is 25.1 Å². The zero-order valence-corrected chi connectivity index (χ0v) is 22.6. The molecule has 40 heavy (non-hydrogen) atoms. The van der Waals surface area contributed by atoms with Gasteiger partial charge in [0.15, 0.2) is 23.4 Å². The van der Waals surface area contributed by atoms with E-state index in [0.29, 0.717) is 5.56 Å². The molecule has 0 fully saturated rings. The highest BCUT2D eigenvalue weighted by Crippen LogP contribution is 2.34. The van der Waals surface area contributed by atoms with Crippen LogP contribution < -0.4 is 21.8 Å². The van der Waals surface area contributed by atoms with Gasteiger partial charge in [0.1, 0.15) is 11.2 Å². The number of carbonyl (C=O) groups excluding carboxylic acids is 4. The molecule has 1 aliphatic heterocycles. The molecule has 0 spiro atoms. The number of fused-ring (bicyclic) bond motifs is 2. The molecule has 0 saturated carbocycles. The maximum Gasteiger partial charge on any atom is 0.331 e. The molecule has 6 N–H and O–H groups in total. The number of anilines is 1. The van der Waals surface area contributed by atoms with E-state index in [4.69, 9.17) is 10.2 Å². The van der Waals surface area contributed by atoms with Gasteiger partial charge < -0.3 is 40.5 Å². The second-order valence-corrected chi connectivity index (χ2v) is 9.17. The van der Waals surface area contributed by atoms with Crippen LogP contribution in [0, 0.1) is 13.8 Å². The van der Waals surface area contributed by atoms with Gasteiger partial charge in [-0.3, -0.25) is 14.4 Å². The second-order valence-electron chi connectivity index (χ2n) is 9.17. The summed E-state index contributed by atoms with van der Waals surface area (Å²) in [5.41, 5.74) is 4.68. The van der Waals surface area contributed by atoms with E-state index in [0.717, 1.165) is 14.2 Å². The van der Waals surface area contributed by atoms with Crippen LogP contribution in [-0.2, 0) is 19.1 Å². The minimum absolute atomic E-state index is 0.0348. The zero-order chi connectivity index (χ0) is 30.0. The van der Waals surface area contributed by atoms with Crippen molar-refractivity contribution in [3.8, 4) is 11.5 Å². The van der Waals surface area contributed by atoms with Crippen molar-refractivity contribution in [2.75, 3.05) is 20.0 Å². The van der Waals surface area contributed by atoms with Crippen LogP contribution >= 0.6 is 0 Å². The predicted molar refractivity (Wildman–Crippen MR) is 141 cm³/mol. The van der Waals surface area contributed by atoms with Crippen molar-refractivity contribution in [3.63, 3.8) is 0 Å². The molecular formula is C26H30N4O10. The number of amides is 2. The molecule has 14 nitrogen and oxygen atoms in total. The number of nitrogens with one attached hydrogen (secondary N) is 2. The lowest BCUT2D eigenvalue weighted by atomic mass is 9.99. The van der Waals surface area contributed by atoms with Gasteiger partial charge >= 0.3 is 11.9 Å². The van der Waals surface area contributed by atoms with E-state index < -0.39 is 64.7 Å². The van der Waals surface area contributed by atoms with Crippen molar-refractivity contribution >= 4 is 40.5 Å². The fraction of sp³-hybridized carbons (Fsp3) is 0.385. The van der Waals surface area contributed by atoms with Gasteiger partial charge in [0.05, 0.1) is 43.2 Å². The van der Waals surface area contributed by atoms with Crippen molar-refractivity contribution in [1.29, 1.82) is 0 Å². The highest BCUT2D eigenvalue weighted by atomic mass is 16.5. The molecule has 2 amide bonds. The average molecular weight is 559 g/mol. The highest BCUT2D eigenvalue weighted by molar-refractivity contribution is 6.09. The largest absolute Gasteiger partial charge is 0.467 e. The Morgan fingerprint density at radius 2 is 1.48 bits per heavy atom. The molecular weight excluding hydrogens is 528 g/mol. The van der Waals surface area contributed by atoms with Gasteiger partial charge in [-0.25, -0.2) is 14.6 Å². The van der Waals surface area contributed by atoms with Crippen LogP contribution in [0.5, 0.6) is 0 Å². The van der Waals surface area contributed by atoms with Gasteiger partial charge in [-0.1, -0.05) is 6.07 Å². The van der Waals surface area contributed by atoms with E-state index in [1.165, 1.54) is 26.8 Å². The number of aliphatic hydroxyl groups excluding tert-OH is 2. The molecule has 0 aromatic heterocycles. The molecule has 1 aromatic rings. The first-order valence-corrected chi connectivity index (χ1v) is 12.0. The Labute approximate surface area is 227 Å². The quantitative estimate of drug-likeness (QED) is 0.138. The van der Waals surface area contributed by atoms with Crippen LogP contribution in [0.3, 0.4) is 0 Å². The number of aromatic nitrogens is 1. The number of aliphatic hydroxyl groups is 2. The van der Waals surface area contributed by atoms with E-state index in [9.17, 15) is 34.2 Å². The number of nitrogens with zero attached hydrogens (tertiary/aromatic N) is 1. The van der Waals surface area contributed by atoms with Gasteiger partial charge in [0, 0.05) is 5.56 Å². The molecule has 1 heterocycles. The summed E-state index contributed by atoms with van der Waals surface area (Å²) in [7, 11) is 2.17. The Hall–Kier alpha value is -4.56. The summed E-state index contributed by atoms with van der Waals surface area (Å²) in [6.45, 7) is 5.63. The van der Waals surface area contributed by atoms with Crippen molar-refractivity contribution in [1.82, 2.24) is 15.6 Å². The summed E-state index contributed by atoms with van der Waals surface area (Å²) >= 11 is 0. The molecule has 0 radical (unpaired) electrons. The van der Waals surface area contributed by atoms with Crippen LogP contribution in [0.15, 0.2) is 21.3 Å². The Morgan fingerprint density at radius 3 is 1.98 bits per heavy atom. The summed E-state index contributed by atoms with van der Waals surface area (Å²) in [5.74, 6) is -3.78.